The normalized spacial score (nSPS) is 21.4. The van der Waals surface area contributed by atoms with E-state index in [1.807, 2.05) is 19.2 Å². The van der Waals surface area contributed by atoms with Crippen LogP contribution in [0.2, 0.25) is 0 Å². The van der Waals surface area contributed by atoms with Crippen LogP contribution in [0, 0.1) is 6.92 Å². The molecule has 0 amide bonds. The predicted molar refractivity (Wildman–Crippen MR) is 70.1 cm³/mol. The quantitative estimate of drug-likeness (QED) is 0.866. The Morgan fingerprint density at radius 1 is 1.47 bits per heavy atom. The third-order valence-electron chi connectivity index (χ3n) is 3.45. The molecule has 4 nitrogen and oxygen atoms in total. The fraction of sp³-hybridized carbons (Fsp3) is 0.692. The summed E-state index contributed by atoms with van der Waals surface area (Å²) in [7, 11) is 0. The van der Waals surface area contributed by atoms with Crippen LogP contribution in [0.1, 0.15) is 31.9 Å². The van der Waals surface area contributed by atoms with E-state index in [-0.39, 0.29) is 0 Å². The molecule has 1 aliphatic rings. The molecule has 17 heavy (non-hydrogen) atoms. The van der Waals surface area contributed by atoms with Gasteiger partial charge in [0.25, 0.3) is 0 Å². The summed E-state index contributed by atoms with van der Waals surface area (Å²) in [6.45, 7) is 7.56. The van der Waals surface area contributed by atoms with E-state index in [0.717, 1.165) is 24.7 Å². The second-order valence-electron chi connectivity index (χ2n) is 4.68. The number of likely N-dealkylation sites (tertiary alicyclic amines) is 1. The van der Waals surface area contributed by atoms with Gasteiger partial charge in [-0.15, -0.1) is 0 Å². The third-order valence-corrected chi connectivity index (χ3v) is 3.45. The number of hydrogen-bond acceptors (Lipinski definition) is 4. The fourth-order valence-electron chi connectivity index (χ4n) is 2.45. The Hall–Kier alpha value is -1.16. The van der Waals surface area contributed by atoms with Crippen LogP contribution in [0.4, 0.5) is 5.95 Å². The van der Waals surface area contributed by atoms with Crippen LogP contribution in [0.15, 0.2) is 12.3 Å². The lowest BCUT2D eigenvalue weighted by Crippen LogP contribution is -2.43. The van der Waals surface area contributed by atoms with E-state index in [1.165, 1.54) is 25.8 Å². The van der Waals surface area contributed by atoms with Crippen LogP contribution in [0.25, 0.3) is 0 Å². The number of piperidine rings is 1. The smallest absolute Gasteiger partial charge is 0.222 e. The highest BCUT2D eigenvalue weighted by Crippen LogP contribution is 2.16. The summed E-state index contributed by atoms with van der Waals surface area (Å²) in [5.41, 5.74) is 1.01. The van der Waals surface area contributed by atoms with Crippen LogP contribution in [-0.4, -0.2) is 40.5 Å². The van der Waals surface area contributed by atoms with Gasteiger partial charge in [-0.3, -0.25) is 4.90 Å². The van der Waals surface area contributed by atoms with Crippen molar-refractivity contribution in [3.05, 3.63) is 18.0 Å². The minimum absolute atomic E-state index is 0.637. The molecular weight excluding hydrogens is 212 g/mol. The molecule has 0 bridgehead atoms. The summed E-state index contributed by atoms with van der Waals surface area (Å²) in [6.07, 6.45) is 5.78. The van der Waals surface area contributed by atoms with E-state index >= 15 is 0 Å². The Kier molecular flexibility index (Phi) is 4.31. The first-order valence-corrected chi connectivity index (χ1v) is 6.57. The molecule has 0 spiro atoms. The highest BCUT2D eigenvalue weighted by Gasteiger charge is 2.20. The van der Waals surface area contributed by atoms with Crippen molar-refractivity contribution in [2.24, 2.45) is 0 Å². The van der Waals surface area contributed by atoms with E-state index in [9.17, 15) is 0 Å². The van der Waals surface area contributed by atoms with Gasteiger partial charge in [0.05, 0.1) is 0 Å². The first-order valence-electron chi connectivity index (χ1n) is 6.57. The molecule has 1 saturated heterocycles. The number of aryl methyl sites for hydroxylation is 1. The van der Waals surface area contributed by atoms with Gasteiger partial charge in [-0.2, -0.15) is 0 Å². The van der Waals surface area contributed by atoms with Crippen LogP contribution in [-0.2, 0) is 0 Å². The number of anilines is 1. The van der Waals surface area contributed by atoms with Gasteiger partial charge in [0, 0.05) is 24.5 Å². The van der Waals surface area contributed by atoms with Crippen molar-refractivity contribution in [3.63, 3.8) is 0 Å². The Labute approximate surface area is 103 Å². The zero-order valence-electron chi connectivity index (χ0n) is 10.8. The van der Waals surface area contributed by atoms with E-state index in [2.05, 4.69) is 27.1 Å². The van der Waals surface area contributed by atoms with Gasteiger partial charge >= 0.3 is 0 Å². The Morgan fingerprint density at radius 2 is 2.35 bits per heavy atom. The maximum Gasteiger partial charge on any atom is 0.222 e. The minimum Gasteiger partial charge on any atom is -0.353 e. The molecule has 4 heteroatoms. The van der Waals surface area contributed by atoms with Crippen molar-refractivity contribution < 1.29 is 0 Å². The fourth-order valence-corrected chi connectivity index (χ4v) is 2.45. The zero-order chi connectivity index (χ0) is 12.1. The number of hydrogen-bond donors (Lipinski definition) is 1. The van der Waals surface area contributed by atoms with Gasteiger partial charge in [-0.25, -0.2) is 9.97 Å². The average molecular weight is 234 g/mol. The monoisotopic (exact) mass is 234 g/mol. The molecule has 1 fully saturated rings. The summed E-state index contributed by atoms with van der Waals surface area (Å²) in [5.74, 6) is 0.756. The number of nitrogens with one attached hydrogen (secondary N) is 1. The van der Waals surface area contributed by atoms with Crippen molar-refractivity contribution in [1.82, 2.24) is 14.9 Å². The van der Waals surface area contributed by atoms with Gasteiger partial charge in [0.2, 0.25) is 5.95 Å². The second kappa shape index (κ2) is 5.96. The number of nitrogens with zero attached hydrogens (tertiary/aromatic N) is 3. The average Bonchev–Trinajstić information content (AvgIpc) is 2.37. The third kappa shape index (κ3) is 3.40. The summed E-state index contributed by atoms with van der Waals surface area (Å²) in [5, 5.41) is 3.36. The summed E-state index contributed by atoms with van der Waals surface area (Å²) < 4.78 is 0. The summed E-state index contributed by atoms with van der Waals surface area (Å²) in [6, 6.07) is 2.56. The minimum atomic E-state index is 0.637. The standard InChI is InChI=1S/C13H22N4/c1-3-17-9-5-4-6-12(17)10-15-13-14-8-7-11(2)16-13/h7-8,12H,3-6,9-10H2,1-2H3,(H,14,15,16). The largest absolute Gasteiger partial charge is 0.353 e. The van der Waals surface area contributed by atoms with E-state index in [0.29, 0.717) is 6.04 Å². The first-order chi connectivity index (χ1) is 8.29. The van der Waals surface area contributed by atoms with Gasteiger partial charge in [-0.1, -0.05) is 13.3 Å². The Bertz CT molecular complexity index is 353. The van der Waals surface area contributed by atoms with Gasteiger partial charge < -0.3 is 5.32 Å². The SMILES string of the molecule is CCN1CCCCC1CNc1nccc(C)n1. The van der Waals surface area contributed by atoms with Gasteiger partial charge in [0.1, 0.15) is 0 Å². The number of rotatable bonds is 4. The topological polar surface area (TPSA) is 41.0 Å². The number of likely N-dealkylation sites (N-methyl/N-ethyl adjacent to an activating group) is 1. The van der Waals surface area contributed by atoms with Crippen molar-refractivity contribution in [2.45, 2.75) is 39.2 Å². The molecule has 1 aromatic rings. The maximum atomic E-state index is 4.37. The second-order valence-corrected chi connectivity index (χ2v) is 4.68. The van der Waals surface area contributed by atoms with Crippen LogP contribution >= 0.6 is 0 Å². The lowest BCUT2D eigenvalue weighted by atomic mass is 10.0. The zero-order valence-corrected chi connectivity index (χ0v) is 10.8. The van der Waals surface area contributed by atoms with Crippen molar-refractivity contribution in [2.75, 3.05) is 25.0 Å². The molecule has 1 N–H and O–H groups in total. The predicted octanol–water partition coefficient (Wildman–Crippen LogP) is 2.07. The van der Waals surface area contributed by atoms with Crippen LogP contribution < -0.4 is 5.32 Å². The molecule has 2 heterocycles. The lowest BCUT2D eigenvalue weighted by molar-refractivity contribution is 0.164. The van der Waals surface area contributed by atoms with Crippen LogP contribution in [0.3, 0.4) is 0 Å². The molecule has 94 valence electrons. The maximum absolute atomic E-state index is 4.37. The molecule has 0 aliphatic carbocycles. The molecule has 1 aromatic heterocycles. The molecule has 1 unspecified atom stereocenters. The molecule has 0 radical (unpaired) electrons. The molecule has 0 saturated carbocycles. The Balaban J connectivity index is 1.88. The highest BCUT2D eigenvalue weighted by atomic mass is 15.2. The molecule has 1 aliphatic heterocycles. The van der Waals surface area contributed by atoms with Crippen molar-refractivity contribution in [1.29, 1.82) is 0 Å². The summed E-state index contributed by atoms with van der Waals surface area (Å²) >= 11 is 0. The van der Waals surface area contributed by atoms with Crippen molar-refractivity contribution >= 4 is 5.95 Å². The molecular formula is C13H22N4. The summed E-state index contributed by atoms with van der Waals surface area (Å²) in [4.78, 5) is 11.1. The van der Waals surface area contributed by atoms with Gasteiger partial charge in [0.15, 0.2) is 0 Å². The van der Waals surface area contributed by atoms with E-state index in [4.69, 9.17) is 0 Å². The lowest BCUT2D eigenvalue weighted by Gasteiger charge is -2.34. The number of aromatic nitrogens is 2. The Morgan fingerprint density at radius 3 is 3.12 bits per heavy atom. The molecule has 0 aromatic carbocycles. The van der Waals surface area contributed by atoms with Crippen LogP contribution in [0.5, 0.6) is 0 Å². The first kappa shape index (κ1) is 12.3. The van der Waals surface area contributed by atoms with E-state index in [1.54, 1.807) is 0 Å². The van der Waals surface area contributed by atoms with E-state index < -0.39 is 0 Å². The van der Waals surface area contributed by atoms with Crippen molar-refractivity contribution in [3.8, 4) is 0 Å². The van der Waals surface area contributed by atoms with Gasteiger partial charge in [-0.05, 0) is 38.9 Å². The highest BCUT2D eigenvalue weighted by molar-refractivity contribution is 5.24. The molecule has 2 rings (SSSR count). The molecule has 1 atom stereocenters.